The number of hydrogen-bond acceptors (Lipinski definition) is 10. The molecule has 12 radical (unpaired) electrons. The van der Waals surface area contributed by atoms with Gasteiger partial charge in [-0.05, 0) is 49.5 Å². The zero-order chi connectivity index (χ0) is 33.1. The van der Waals surface area contributed by atoms with Crippen molar-refractivity contribution in [3.63, 3.8) is 0 Å². The van der Waals surface area contributed by atoms with E-state index in [1.54, 1.807) is 6.07 Å². The SMILES string of the molecule is [B]C([B])([B])Oc1cc(Nc2nc(NC3CCOCC3)c(CC)nc2C(N)=O)ccc1N1CCC(N2CCN(C([B])([B])[B])CC2)CC1. The number of carbonyl (C=O) groups excluding carboxylic acids is 1. The van der Waals surface area contributed by atoms with Gasteiger partial charge in [0.15, 0.2) is 17.3 Å². The molecule has 0 unspecified atom stereocenters. The first-order valence-corrected chi connectivity index (χ1v) is 15.9. The highest BCUT2D eigenvalue weighted by Crippen LogP contribution is 2.36. The van der Waals surface area contributed by atoms with Crippen molar-refractivity contribution in [2.75, 3.05) is 68.0 Å². The van der Waals surface area contributed by atoms with Gasteiger partial charge in [0, 0.05) is 76.3 Å². The average Bonchev–Trinajstić information content (AvgIpc) is 3.01. The Bertz CT molecular complexity index is 1360. The van der Waals surface area contributed by atoms with Gasteiger partial charge < -0.3 is 35.6 Å². The lowest BCUT2D eigenvalue weighted by molar-refractivity contribution is 0.0830. The van der Waals surface area contributed by atoms with Crippen molar-refractivity contribution in [1.29, 1.82) is 0 Å². The lowest BCUT2D eigenvalue weighted by Crippen LogP contribution is -2.60. The van der Waals surface area contributed by atoms with E-state index in [9.17, 15) is 4.79 Å². The van der Waals surface area contributed by atoms with Crippen molar-refractivity contribution in [2.24, 2.45) is 5.73 Å². The molecule has 0 aliphatic carbocycles. The van der Waals surface area contributed by atoms with Crippen molar-refractivity contribution in [3.8, 4) is 5.75 Å². The van der Waals surface area contributed by atoms with Crippen LogP contribution >= 0.6 is 0 Å². The summed E-state index contributed by atoms with van der Waals surface area (Å²) in [6.07, 6.45) is 4.15. The summed E-state index contributed by atoms with van der Waals surface area (Å²) in [4.78, 5) is 28.4. The largest absolute Gasteiger partial charge is 0.514 e. The predicted molar refractivity (Wildman–Crippen MR) is 186 cm³/mol. The van der Waals surface area contributed by atoms with Crippen LogP contribution in [-0.4, -0.2) is 148 Å². The Morgan fingerprint density at radius 3 is 2.24 bits per heavy atom. The second-order valence-electron chi connectivity index (χ2n) is 12.4. The summed E-state index contributed by atoms with van der Waals surface area (Å²) in [6.45, 7) is 8.01. The summed E-state index contributed by atoms with van der Waals surface area (Å²) in [6, 6.07) is 6.10. The van der Waals surface area contributed by atoms with Gasteiger partial charge in [-0.3, -0.25) is 9.69 Å². The van der Waals surface area contributed by atoms with Gasteiger partial charge in [0.1, 0.15) is 29.3 Å². The number of aryl methyl sites for hydroxylation is 1. The van der Waals surface area contributed by atoms with E-state index in [1.165, 1.54) is 0 Å². The Hall–Kier alpha value is -2.76. The van der Waals surface area contributed by atoms with Crippen LogP contribution in [0.5, 0.6) is 5.75 Å². The van der Waals surface area contributed by atoms with Crippen LogP contribution in [0.3, 0.4) is 0 Å². The molecule has 46 heavy (non-hydrogen) atoms. The van der Waals surface area contributed by atoms with Crippen molar-refractivity contribution >= 4 is 76.0 Å². The van der Waals surface area contributed by atoms with Gasteiger partial charge in [-0.1, -0.05) is 12.2 Å². The van der Waals surface area contributed by atoms with Crippen molar-refractivity contribution in [1.82, 2.24) is 19.8 Å². The van der Waals surface area contributed by atoms with E-state index in [0.29, 0.717) is 48.6 Å². The molecule has 1 aromatic heterocycles. The fourth-order valence-corrected chi connectivity index (χ4v) is 6.33. The molecule has 2 aromatic rings. The third kappa shape index (κ3) is 8.77. The first-order chi connectivity index (χ1) is 21.8. The Balaban J connectivity index is 1.33. The van der Waals surface area contributed by atoms with E-state index in [2.05, 4.69) is 25.4 Å². The third-order valence-corrected chi connectivity index (χ3v) is 8.79. The van der Waals surface area contributed by atoms with Crippen molar-refractivity contribution in [2.45, 2.75) is 61.6 Å². The number of aromatic nitrogens is 2. The zero-order valence-corrected chi connectivity index (χ0v) is 26.6. The van der Waals surface area contributed by atoms with Crippen LogP contribution in [0.1, 0.15) is 48.8 Å². The van der Waals surface area contributed by atoms with Crippen LogP contribution in [0.15, 0.2) is 18.2 Å². The molecule has 3 saturated heterocycles. The molecule has 3 fully saturated rings. The highest BCUT2D eigenvalue weighted by Gasteiger charge is 2.31. The van der Waals surface area contributed by atoms with E-state index in [-0.39, 0.29) is 17.6 Å². The van der Waals surface area contributed by atoms with Gasteiger partial charge in [-0.15, -0.1) is 0 Å². The number of carbonyl (C=O) groups is 1. The molecule has 0 atom stereocenters. The molecule has 1 aromatic carbocycles. The van der Waals surface area contributed by atoms with Crippen LogP contribution in [0.25, 0.3) is 0 Å². The first-order valence-electron chi connectivity index (χ1n) is 15.9. The third-order valence-electron chi connectivity index (χ3n) is 8.79. The summed E-state index contributed by atoms with van der Waals surface area (Å²) in [7, 11) is 35.3. The van der Waals surface area contributed by atoms with E-state index < -0.39 is 16.4 Å². The smallest absolute Gasteiger partial charge is 0.271 e. The maximum atomic E-state index is 12.4. The van der Waals surface area contributed by atoms with E-state index >= 15 is 0 Å². The number of nitrogens with two attached hydrogens (primary N) is 1. The minimum atomic E-state index is -1.92. The van der Waals surface area contributed by atoms with Crippen LogP contribution < -0.4 is 26.0 Å². The van der Waals surface area contributed by atoms with Gasteiger partial charge >= 0.3 is 0 Å². The number of piperazine rings is 1. The van der Waals surface area contributed by atoms with Crippen LogP contribution in [0, 0.1) is 0 Å². The average molecular weight is 612 g/mol. The molecule has 3 aliphatic heterocycles. The highest BCUT2D eigenvalue weighted by molar-refractivity contribution is 6.59. The van der Waals surface area contributed by atoms with E-state index in [4.69, 9.17) is 67.3 Å². The maximum absolute atomic E-state index is 12.4. The molecule has 4 N–H and O–H groups in total. The Kier molecular flexibility index (Phi) is 10.9. The Morgan fingerprint density at radius 2 is 1.65 bits per heavy atom. The topological polar surface area (TPSA) is 121 Å². The number of piperidine rings is 1. The molecule has 3 aliphatic rings. The standard InChI is InChI=1S/C29H38B6N8O3/c1-2-21-26(37-18-7-15-45-16-8-18)40-27(24(39-21)25(36)44)38-19-3-4-22(23(17-19)46-29(33,34)35)42-9-5-20(6-10-42)41-11-13-43(14-12-41)28(30,31)32/h3-4,17-18,20H,2,5-16H2,1H3,(H2,36,44)(H2,37,38,40). The molecular weight excluding hydrogens is 573 g/mol. The van der Waals surface area contributed by atoms with Crippen molar-refractivity contribution < 1.29 is 14.3 Å². The van der Waals surface area contributed by atoms with Crippen LogP contribution in [0.4, 0.5) is 23.0 Å². The number of benzene rings is 1. The zero-order valence-electron chi connectivity index (χ0n) is 26.6. The molecule has 4 heterocycles. The molecular formula is C29H38B6N8O3. The number of ether oxygens (including phenoxy) is 2. The lowest BCUT2D eigenvalue weighted by atomic mass is 9.48. The summed E-state index contributed by atoms with van der Waals surface area (Å²) < 4.78 is 11.3. The molecule has 0 spiro atoms. The Labute approximate surface area is 280 Å². The highest BCUT2D eigenvalue weighted by atomic mass is 16.5. The second-order valence-corrected chi connectivity index (χ2v) is 12.4. The van der Waals surface area contributed by atoms with E-state index in [1.807, 2.05) is 24.0 Å². The fraction of sp³-hybridized carbons (Fsp3) is 0.621. The minimum Gasteiger partial charge on any atom is -0.514 e. The van der Waals surface area contributed by atoms with Gasteiger partial charge in [0.2, 0.25) is 0 Å². The first kappa shape index (κ1) is 34.6. The molecule has 0 saturated carbocycles. The number of nitrogens with one attached hydrogen (secondary N) is 2. The second kappa shape index (κ2) is 14.6. The fourth-order valence-electron chi connectivity index (χ4n) is 6.33. The monoisotopic (exact) mass is 612 g/mol. The van der Waals surface area contributed by atoms with Gasteiger partial charge in [0.05, 0.1) is 34.9 Å². The number of amides is 1. The lowest BCUT2D eigenvalue weighted by Gasteiger charge is -2.47. The van der Waals surface area contributed by atoms with Crippen molar-refractivity contribution in [3.05, 3.63) is 29.6 Å². The molecule has 17 heteroatoms. The van der Waals surface area contributed by atoms with Crippen LogP contribution in [0.2, 0.25) is 0 Å². The summed E-state index contributed by atoms with van der Waals surface area (Å²) in [5.41, 5.74) is 7.77. The number of primary amides is 1. The molecule has 11 nitrogen and oxygen atoms in total. The summed E-state index contributed by atoms with van der Waals surface area (Å²) in [5.74, 6) is 0.499. The number of rotatable bonds is 11. The normalized spacial score (nSPS) is 19.5. The molecule has 0 bridgehead atoms. The number of anilines is 4. The van der Waals surface area contributed by atoms with Gasteiger partial charge in [-0.25, -0.2) is 9.97 Å². The number of hydrogen-bond donors (Lipinski definition) is 3. The van der Waals surface area contributed by atoms with Crippen LogP contribution in [-0.2, 0) is 11.2 Å². The maximum Gasteiger partial charge on any atom is 0.271 e. The summed E-state index contributed by atoms with van der Waals surface area (Å²) in [5, 5.41) is 3.46. The van der Waals surface area contributed by atoms with E-state index in [0.717, 1.165) is 70.6 Å². The Morgan fingerprint density at radius 1 is 0.978 bits per heavy atom. The predicted octanol–water partition coefficient (Wildman–Crippen LogP) is -0.329. The summed E-state index contributed by atoms with van der Waals surface area (Å²) >= 11 is 0. The quantitative estimate of drug-likeness (QED) is 0.292. The van der Waals surface area contributed by atoms with Gasteiger partial charge in [0.25, 0.3) is 5.91 Å². The van der Waals surface area contributed by atoms with Gasteiger partial charge in [-0.2, -0.15) is 0 Å². The molecule has 1 amide bonds. The minimum absolute atomic E-state index is 0.0322. The molecule has 5 rings (SSSR count). The number of nitrogens with zero attached hydrogens (tertiary/aromatic N) is 5. The molecule has 230 valence electrons.